The van der Waals surface area contributed by atoms with Gasteiger partial charge in [-0.2, -0.15) is 0 Å². The second kappa shape index (κ2) is 6.70. The van der Waals surface area contributed by atoms with Gasteiger partial charge < -0.3 is 5.32 Å². The second-order valence-electron chi connectivity index (χ2n) is 4.98. The maximum atomic E-state index is 13.0. The Bertz CT molecular complexity index is 330. The summed E-state index contributed by atoms with van der Waals surface area (Å²) in [4.78, 5) is 0. The van der Waals surface area contributed by atoms with Gasteiger partial charge in [-0.1, -0.05) is 20.8 Å². The predicted octanol–water partition coefficient (Wildman–Crippen LogP) is 3.53. The molecule has 0 saturated carbocycles. The minimum absolute atomic E-state index is 0.419. The average molecular weight is 241 g/mol. The van der Waals surface area contributed by atoms with Crippen LogP contribution >= 0.6 is 0 Å². The highest BCUT2D eigenvalue weighted by Gasteiger charge is 2.06. The molecule has 1 N–H and O–H groups in total. The van der Waals surface area contributed by atoms with Crippen LogP contribution in [0.1, 0.15) is 32.8 Å². The highest BCUT2D eigenvalue weighted by molar-refractivity contribution is 5.18. The summed E-state index contributed by atoms with van der Waals surface area (Å²) in [6, 6.07) is 4.22. The molecular weight excluding hydrogens is 220 g/mol. The van der Waals surface area contributed by atoms with E-state index in [0.717, 1.165) is 24.6 Å². The zero-order valence-electron chi connectivity index (χ0n) is 10.8. The third kappa shape index (κ3) is 5.78. The predicted molar refractivity (Wildman–Crippen MR) is 67.0 cm³/mol. The van der Waals surface area contributed by atoms with Crippen LogP contribution in [-0.4, -0.2) is 12.6 Å². The third-order valence-corrected chi connectivity index (χ3v) is 2.70. The number of hydrogen-bond acceptors (Lipinski definition) is 1. The lowest BCUT2D eigenvalue weighted by Gasteiger charge is -2.13. The summed E-state index contributed by atoms with van der Waals surface area (Å²) in [5, 5.41) is 3.34. The Morgan fingerprint density at radius 3 is 2.18 bits per heavy atom. The molecular formula is C14H21F2N. The lowest BCUT2D eigenvalue weighted by molar-refractivity contribution is 0.474. The van der Waals surface area contributed by atoms with Crippen LogP contribution in [0.3, 0.4) is 0 Å². The Balaban J connectivity index is 2.42. The molecule has 0 radical (unpaired) electrons. The maximum absolute atomic E-state index is 13.0. The van der Waals surface area contributed by atoms with Gasteiger partial charge in [-0.05, 0) is 43.0 Å². The molecule has 0 bridgehead atoms. The molecule has 1 unspecified atom stereocenters. The van der Waals surface area contributed by atoms with Crippen LogP contribution in [0.25, 0.3) is 0 Å². The van der Waals surface area contributed by atoms with Crippen molar-refractivity contribution in [3.63, 3.8) is 0 Å². The van der Waals surface area contributed by atoms with E-state index in [4.69, 9.17) is 0 Å². The molecule has 0 aliphatic carbocycles. The molecule has 17 heavy (non-hydrogen) atoms. The van der Waals surface area contributed by atoms with E-state index in [0.29, 0.717) is 18.4 Å². The highest BCUT2D eigenvalue weighted by atomic mass is 19.1. The quantitative estimate of drug-likeness (QED) is 0.803. The van der Waals surface area contributed by atoms with E-state index in [1.54, 1.807) is 0 Å². The highest BCUT2D eigenvalue weighted by Crippen LogP contribution is 2.14. The van der Waals surface area contributed by atoms with E-state index in [2.05, 4.69) is 26.1 Å². The zero-order chi connectivity index (χ0) is 12.8. The lowest BCUT2D eigenvalue weighted by atomic mass is 9.98. The van der Waals surface area contributed by atoms with Crippen molar-refractivity contribution in [3.05, 3.63) is 35.4 Å². The van der Waals surface area contributed by atoms with Gasteiger partial charge in [0.25, 0.3) is 0 Å². The molecule has 3 heteroatoms. The van der Waals surface area contributed by atoms with E-state index in [1.165, 1.54) is 12.1 Å². The molecule has 0 heterocycles. The third-order valence-electron chi connectivity index (χ3n) is 2.70. The first-order chi connectivity index (χ1) is 7.97. The van der Waals surface area contributed by atoms with Crippen molar-refractivity contribution in [1.29, 1.82) is 0 Å². The van der Waals surface area contributed by atoms with Crippen molar-refractivity contribution < 1.29 is 8.78 Å². The smallest absolute Gasteiger partial charge is 0.126 e. The standard InChI is InChI=1S/C14H21F2N/c1-10(2)17-5-4-11(3)6-12-7-13(15)9-14(16)8-12/h7-11,17H,4-6H2,1-3H3. The number of halogens is 2. The molecule has 1 aromatic carbocycles. The first-order valence-electron chi connectivity index (χ1n) is 6.15. The van der Waals surface area contributed by atoms with Gasteiger partial charge in [0, 0.05) is 12.1 Å². The Morgan fingerprint density at radius 1 is 1.06 bits per heavy atom. The van der Waals surface area contributed by atoms with E-state index in [-0.39, 0.29) is 0 Å². The van der Waals surface area contributed by atoms with Gasteiger partial charge in [0.1, 0.15) is 11.6 Å². The second-order valence-corrected chi connectivity index (χ2v) is 4.98. The Morgan fingerprint density at radius 2 is 1.65 bits per heavy atom. The summed E-state index contributed by atoms with van der Waals surface area (Å²) in [6.45, 7) is 7.25. The molecule has 1 nitrogen and oxygen atoms in total. The van der Waals surface area contributed by atoms with Gasteiger partial charge in [0.15, 0.2) is 0 Å². The zero-order valence-corrected chi connectivity index (χ0v) is 10.8. The summed E-state index contributed by atoms with van der Waals surface area (Å²) in [5.74, 6) is -0.567. The van der Waals surface area contributed by atoms with Crippen LogP contribution in [0.5, 0.6) is 0 Å². The largest absolute Gasteiger partial charge is 0.315 e. The normalized spacial score (nSPS) is 13.1. The maximum Gasteiger partial charge on any atom is 0.126 e. The molecule has 0 aliphatic rings. The number of nitrogens with one attached hydrogen (secondary N) is 1. The van der Waals surface area contributed by atoms with Gasteiger partial charge in [0.2, 0.25) is 0 Å². The van der Waals surface area contributed by atoms with Crippen LogP contribution in [0.15, 0.2) is 18.2 Å². The summed E-state index contributed by atoms with van der Waals surface area (Å²) < 4.78 is 26.0. The van der Waals surface area contributed by atoms with Gasteiger partial charge in [-0.3, -0.25) is 0 Å². The summed E-state index contributed by atoms with van der Waals surface area (Å²) in [6.07, 6.45) is 1.73. The summed E-state index contributed by atoms with van der Waals surface area (Å²) >= 11 is 0. The van der Waals surface area contributed by atoms with E-state index in [9.17, 15) is 8.78 Å². The molecule has 0 spiro atoms. The lowest BCUT2D eigenvalue weighted by Crippen LogP contribution is -2.25. The van der Waals surface area contributed by atoms with Crippen molar-refractivity contribution in [2.75, 3.05) is 6.54 Å². The van der Waals surface area contributed by atoms with Gasteiger partial charge in [-0.25, -0.2) is 8.78 Å². The van der Waals surface area contributed by atoms with Gasteiger partial charge in [0.05, 0.1) is 0 Å². The fourth-order valence-electron chi connectivity index (χ4n) is 1.85. The molecule has 1 rings (SSSR count). The van der Waals surface area contributed by atoms with Crippen LogP contribution in [0, 0.1) is 17.6 Å². The van der Waals surface area contributed by atoms with Crippen molar-refractivity contribution in [1.82, 2.24) is 5.32 Å². The number of hydrogen-bond donors (Lipinski definition) is 1. The molecule has 0 aliphatic heterocycles. The Kier molecular flexibility index (Phi) is 5.56. The van der Waals surface area contributed by atoms with Crippen molar-refractivity contribution >= 4 is 0 Å². The van der Waals surface area contributed by atoms with Crippen LogP contribution in [0.2, 0.25) is 0 Å². The first-order valence-corrected chi connectivity index (χ1v) is 6.15. The van der Waals surface area contributed by atoms with Crippen molar-refractivity contribution in [2.24, 2.45) is 5.92 Å². The summed E-state index contributed by atoms with van der Waals surface area (Å²) in [7, 11) is 0. The number of rotatable bonds is 6. The van der Waals surface area contributed by atoms with E-state index in [1.807, 2.05) is 0 Å². The van der Waals surface area contributed by atoms with Crippen molar-refractivity contribution in [2.45, 2.75) is 39.7 Å². The molecule has 0 fully saturated rings. The SMILES string of the molecule is CC(CCNC(C)C)Cc1cc(F)cc(F)c1. The fourth-order valence-corrected chi connectivity index (χ4v) is 1.85. The molecule has 0 aromatic heterocycles. The monoisotopic (exact) mass is 241 g/mol. The van der Waals surface area contributed by atoms with E-state index >= 15 is 0 Å². The average Bonchev–Trinajstić information content (AvgIpc) is 2.14. The van der Waals surface area contributed by atoms with Crippen LogP contribution in [0.4, 0.5) is 8.78 Å². The first kappa shape index (κ1) is 14.1. The molecule has 0 saturated heterocycles. The molecule has 1 aromatic rings. The Labute approximate surface area is 102 Å². The Hall–Kier alpha value is -0.960. The fraction of sp³-hybridized carbons (Fsp3) is 0.571. The number of benzene rings is 1. The van der Waals surface area contributed by atoms with Crippen LogP contribution in [-0.2, 0) is 6.42 Å². The molecule has 0 amide bonds. The summed E-state index contributed by atoms with van der Waals surface area (Å²) in [5.41, 5.74) is 0.736. The molecule has 96 valence electrons. The van der Waals surface area contributed by atoms with Gasteiger partial charge >= 0.3 is 0 Å². The topological polar surface area (TPSA) is 12.0 Å². The van der Waals surface area contributed by atoms with Crippen LogP contribution < -0.4 is 5.32 Å². The molecule has 1 atom stereocenters. The minimum atomic E-state index is -0.493. The minimum Gasteiger partial charge on any atom is -0.315 e. The van der Waals surface area contributed by atoms with Crippen molar-refractivity contribution in [3.8, 4) is 0 Å². The van der Waals surface area contributed by atoms with E-state index < -0.39 is 11.6 Å². The van der Waals surface area contributed by atoms with Gasteiger partial charge in [-0.15, -0.1) is 0 Å².